The molecule has 10 heteroatoms. The minimum atomic E-state index is -0.282. The number of thiazole rings is 1. The van der Waals surface area contributed by atoms with Crippen molar-refractivity contribution >= 4 is 55.9 Å². The number of nitrogens with one attached hydrogen (secondary N) is 2. The first-order chi connectivity index (χ1) is 14.9. The molecule has 4 rings (SSSR count). The number of hydrogen-bond donors (Lipinski definition) is 2. The van der Waals surface area contributed by atoms with E-state index >= 15 is 0 Å². The van der Waals surface area contributed by atoms with Crippen molar-refractivity contribution < 1.29 is 14.1 Å². The maximum Gasteiger partial charge on any atom is 0.260 e. The SMILES string of the molecule is CC(=O)Nc1ccc2nc(NC(=O)c3cccnc3SCc3c(C)noc3C)sc2c1. The minimum absolute atomic E-state index is 0.143. The number of carbonyl (C=O) groups excluding carboxylic acids is 2. The van der Waals surface area contributed by atoms with Crippen molar-refractivity contribution in [1.82, 2.24) is 15.1 Å². The molecule has 2 N–H and O–H groups in total. The molecule has 3 aromatic heterocycles. The van der Waals surface area contributed by atoms with Gasteiger partial charge in [-0.05, 0) is 44.2 Å². The van der Waals surface area contributed by atoms with E-state index < -0.39 is 0 Å². The van der Waals surface area contributed by atoms with Crippen LogP contribution in [0, 0.1) is 13.8 Å². The van der Waals surface area contributed by atoms with Crippen LogP contribution in [-0.2, 0) is 10.5 Å². The van der Waals surface area contributed by atoms with Crippen LogP contribution >= 0.6 is 23.1 Å². The van der Waals surface area contributed by atoms with Crippen molar-refractivity contribution in [3.63, 3.8) is 0 Å². The molecule has 0 saturated heterocycles. The van der Waals surface area contributed by atoms with E-state index in [1.54, 1.807) is 24.4 Å². The van der Waals surface area contributed by atoms with Crippen molar-refractivity contribution in [2.24, 2.45) is 0 Å². The zero-order valence-electron chi connectivity index (χ0n) is 17.1. The fraction of sp³-hybridized carbons (Fsp3) is 0.190. The number of amides is 2. The Morgan fingerprint density at radius 1 is 1.19 bits per heavy atom. The van der Waals surface area contributed by atoms with E-state index in [0.717, 1.165) is 27.2 Å². The summed E-state index contributed by atoms with van der Waals surface area (Å²) in [6, 6.07) is 8.88. The lowest BCUT2D eigenvalue weighted by molar-refractivity contribution is -0.114. The lowest BCUT2D eigenvalue weighted by atomic mass is 10.2. The standard InChI is InChI=1S/C21H19N5O3S2/c1-11-16(12(2)29-26-11)10-30-20-15(5-4-8-22-20)19(28)25-21-24-17-7-6-14(23-13(3)27)9-18(17)31-21/h4-9H,10H2,1-3H3,(H,23,27)(H,24,25,28). The van der Waals surface area contributed by atoms with E-state index in [0.29, 0.717) is 27.2 Å². The Hall–Kier alpha value is -3.24. The average Bonchev–Trinajstić information content (AvgIpc) is 3.27. The fourth-order valence-corrected chi connectivity index (χ4v) is 5.00. The summed E-state index contributed by atoms with van der Waals surface area (Å²) in [7, 11) is 0. The molecule has 3 heterocycles. The molecule has 0 radical (unpaired) electrons. The number of aromatic nitrogens is 3. The van der Waals surface area contributed by atoms with Gasteiger partial charge >= 0.3 is 0 Å². The largest absolute Gasteiger partial charge is 0.361 e. The molecule has 0 saturated carbocycles. The van der Waals surface area contributed by atoms with Crippen LogP contribution < -0.4 is 10.6 Å². The summed E-state index contributed by atoms with van der Waals surface area (Å²) in [6.07, 6.45) is 1.66. The third-order valence-corrected chi connectivity index (χ3v) is 6.44. The highest BCUT2D eigenvalue weighted by atomic mass is 32.2. The monoisotopic (exact) mass is 453 g/mol. The molecule has 0 aliphatic rings. The summed E-state index contributed by atoms with van der Waals surface area (Å²) in [5.41, 5.74) is 3.74. The molecule has 0 spiro atoms. The quantitative estimate of drug-likeness (QED) is 0.404. The highest BCUT2D eigenvalue weighted by Crippen LogP contribution is 2.30. The Labute approximate surface area is 186 Å². The molecule has 0 atom stereocenters. The smallest absolute Gasteiger partial charge is 0.260 e. The van der Waals surface area contributed by atoms with Crippen molar-refractivity contribution in [3.8, 4) is 0 Å². The summed E-state index contributed by atoms with van der Waals surface area (Å²) in [5.74, 6) is 0.942. The number of rotatable bonds is 6. The predicted octanol–water partition coefficient (Wildman–Crippen LogP) is 4.80. The molecule has 4 aromatic rings. The van der Waals surface area contributed by atoms with E-state index in [9.17, 15) is 9.59 Å². The number of nitrogens with zero attached hydrogens (tertiary/aromatic N) is 3. The molecule has 0 aliphatic heterocycles. The van der Waals surface area contributed by atoms with Crippen molar-refractivity contribution in [2.45, 2.75) is 31.6 Å². The minimum Gasteiger partial charge on any atom is -0.361 e. The normalized spacial score (nSPS) is 10.9. The number of thioether (sulfide) groups is 1. The summed E-state index contributed by atoms with van der Waals surface area (Å²) < 4.78 is 6.07. The second kappa shape index (κ2) is 8.86. The van der Waals surface area contributed by atoms with E-state index in [4.69, 9.17) is 4.52 Å². The molecular weight excluding hydrogens is 434 g/mol. The first-order valence-corrected chi connectivity index (χ1v) is 11.2. The van der Waals surface area contributed by atoms with Gasteiger partial charge in [0.1, 0.15) is 10.8 Å². The Balaban J connectivity index is 1.51. The van der Waals surface area contributed by atoms with E-state index in [-0.39, 0.29) is 11.8 Å². The van der Waals surface area contributed by atoms with Gasteiger partial charge in [-0.3, -0.25) is 14.9 Å². The first kappa shape index (κ1) is 21.0. The van der Waals surface area contributed by atoms with Gasteiger partial charge in [-0.25, -0.2) is 9.97 Å². The van der Waals surface area contributed by atoms with Crippen LogP contribution in [0.25, 0.3) is 10.2 Å². The Morgan fingerprint density at radius 2 is 2.03 bits per heavy atom. The third kappa shape index (κ3) is 4.75. The van der Waals surface area contributed by atoms with Gasteiger partial charge < -0.3 is 9.84 Å². The molecule has 31 heavy (non-hydrogen) atoms. The Morgan fingerprint density at radius 3 is 2.77 bits per heavy atom. The van der Waals surface area contributed by atoms with Gasteiger partial charge in [-0.1, -0.05) is 16.5 Å². The summed E-state index contributed by atoms with van der Waals surface area (Å²) >= 11 is 2.80. The topological polar surface area (TPSA) is 110 Å². The van der Waals surface area contributed by atoms with Gasteiger partial charge in [0.15, 0.2) is 5.13 Å². The number of aryl methyl sites for hydroxylation is 2. The molecule has 158 valence electrons. The zero-order valence-corrected chi connectivity index (χ0v) is 18.7. The second-order valence-electron chi connectivity index (χ2n) is 6.78. The zero-order chi connectivity index (χ0) is 22.0. The van der Waals surface area contributed by atoms with E-state index in [2.05, 4.69) is 25.8 Å². The summed E-state index contributed by atoms with van der Waals surface area (Å²) in [4.78, 5) is 33.0. The number of fused-ring (bicyclic) bond motifs is 1. The summed E-state index contributed by atoms with van der Waals surface area (Å²) in [5, 5.41) is 10.7. The van der Waals surface area contributed by atoms with Gasteiger partial charge in [0.25, 0.3) is 5.91 Å². The van der Waals surface area contributed by atoms with Gasteiger partial charge in [-0.15, -0.1) is 11.8 Å². The van der Waals surface area contributed by atoms with Crippen molar-refractivity contribution in [2.75, 3.05) is 10.6 Å². The van der Waals surface area contributed by atoms with Crippen LogP contribution in [0.1, 0.15) is 34.3 Å². The highest BCUT2D eigenvalue weighted by Gasteiger charge is 2.17. The fourth-order valence-electron chi connectivity index (χ4n) is 2.95. The lowest BCUT2D eigenvalue weighted by Crippen LogP contribution is -2.13. The molecule has 1 aromatic carbocycles. The first-order valence-electron chi connectivity index (χ1n) is 9.40. The van der Waals surface area contributed by atoms with Crippen molar-refractivity contribution in [1.29, 1.82) is 0 Å². The van der Waals surface area contributed by atoms with Crippen LogP contribution in [0.2, 0.25) is 0 Å². The third-order valence-electron chi connectivity index (χ3n) is 4.48. The number of benzene rings is 1. The maximum absolute atomic E-state index is 12.9. The molecule has 0 unspecified atom stereocenters. The average molecular weight is 454 g/mol. The van der Waals surface area contributed by atoms with E-state index in [1.807, 2.05) is 26.0 Å². The van der Waals surface area contributed by atoms with Gasteiger partial charge in [0, 0.05) is 30.1 Å². The van der Waals surface area contributed by atoms with Crippen LogP contribution in [-0.4, -0.2) is 26.9 Å². The van der Waals surface area contributed by atoms with Crippen LogP contribution in [0.3, 0.4) is 0 Å². The van der Waals surface area contributed by atoms with Crippen LogP contribution in [0.4, 0.5) is 10.8 Å². The van der Waals surface area contributed by atoms with Crippen LogP contribution in [0.5, 0.6) is 0 Å². The Kier molecular flexibility index (Phi) is 6.01. The number of carbonyl (C=O) groups is 2. The number of hydrogen-bond acceptors (Lipinski definition) is 8. The van der Waals surface area contributed by atoms with Gasteiger partial charge in [0.2, 0.25) is 5.91 Å². The second-order valence-corrected chi connectivity index (χ2v) is 8.78. The maximum atomic E-state index is 12.9. The molecular formula is C21H19N5O3S2. The Bertz CT molecular complexity index is 1260. The number of anilines is 2. The molecule has 2 amide bonds. The highest BCUT2D eigenvalue weighted by molar-refractivity contribution is 7.98. The lowest BCUT2D eigenvalue weighted by Gasteiger charge is -2.07. The molecule has 8 nitrogen and oxygen atoms in total. The number of pyridine rings is 1. The molecule has 0 fully saturated rings. The van der Waals surface area contributed by atoms with Gasteiger partial charge in [-0.2, -0.15) is 0 Å². The van der Waals surface area contributed by atoms with Gasteiger partial charge in [0.05, 0.1) is 21.5 Å². The van der Waals surface area contributed by atoms with Crippen molar-refractivity contribution in [3.05, 3.63) is 59.1 Å². The predicted molar refractivity (Wildman–Crippen MR) is 122 cm³/mol. The molecule has 0 aliphatic carbocycles. The van der Waals surface area contributed by atoms with Crippen LogP contribution in [0.15, 0.2) is 46.1 Å². The van der Waals surface area contributed by atoms with E-state index in [1.165, 1.54) is 30.0 Å². The molecule has 0 bridgehead atoms. The summed E-state index contributed by atoms with van der Waals surface area (Å²) in [6.45, 7) is 5.22.